The molecule has 0 radical (unpaired) electrons. The first-order chi connectivity index (χ1) is 7.68. The van der Waals surface area contributed by atoms with Crippen LogP contribution in [0.2, 0.25) is 0 Å². The third-order valence-corrected chi connectivity index (χ3v) is 3.65. The monoisotopic (exact) mass is 219 g/mol. The van der Waals surface area contributed by atoms with Crippen molar-refractivity contribution in [2.24, 2.45) is 0 Å². The Labute approximate surface area is 98.0 Å². The van der Waals surface area contributed by atoms with Crippen LogP contribution in [0, 0.1) is 13.8 Å². The summed E-state index contributed by atoms with van der Waals surface area (Å²) in [5, 5.41) is 3.59. The number of rotatable bonds is 3. The summed E-state index contributed by atoms with van der Waals surface area (Å²) in [6, 6.07) is 7.02. The fourth-order valence-corrected chi connectivity index (χ4v) is 2.24. The van der Waals surface area contributed by atoms with Crippen LogP contribution >= 0.6 is 0 Å². The second kappa shape index (κ2) is 4.98. The Kier molecular flexibility index (Phi) is 3.62. The molecule has 2 rings (SSSR count). The van der Waals surface area contributed by atoms with Gasteiger partial charge in [0.1, 0.15) is 0 Å². The lowest BCUT2D eigenvalue weighted by Crippen LogP contribution is -2.34. The lowest BCUT2D eigenvalue weighted by atomic mass is 10.0. The van der Waals surface area contributed by atoms with Gasteiger partial charge in [-0.3, -0.25) is 0 Å². The smallest absolute Gasteiger partial charge is 0.0700 e. The van der Waals surface area contributed by atoms with Crippen LogP contribution in [0.25, 0.3) is 0 Å². The summed E-state index contributed by atoms with van der Waals surface area (Å²) in [5.41, 5.74) is 4.18. The zero-order chi connectivity index (χ0) is 11.5. The standard InChI is InChI=1S/C14H21NO/c1-10-5-4-6-13(11(10)2)9-15-14-7-8-16-12(14)3/h4-6,12,14-15H,7-9H2,1-3H3. The molecule has 0 saturated carbocycles. The van der Waals surface area contributed by atoms with Crippen LogP contribution in [0.1, 0.15) is 30.0 Å². The van der Waals surface area contributed by atoms with E-state index < -0.39 is 0 Å². The SMILES string of the molecule is Cc1cccc(CNC2CCOC2C)c1C. The molecule has 2 nitrogen and oxygen atoms in total. The number of benzene rings is 1. The number of ether oxygens (including phenoxy) is 1. The predicted octanol–water partition coefficient (Wildman–Crippen LogP) is 2.57. The molecular weight excluding hydrogens is 198 g/mol. The lowest BCUT2D eigenvalue weighted by molar-refractivity contribution is 0.113. The molecule has 1 N–H and O–H groups in total. The van der Waals surface area contributed by atoms with E-state index in [2.05, 4.69) is 44.3 Å². The van der Waals surface area contributed by atoms with Crippen LogP contribution in [0.4, 0.5) is 0 Å². The molecule has 0 spiro atoms. The van der Waals surface area contributed by atoms with Crippen molar-refractivity contribution in [2.45, 2.75) is 45.9 Å². The van der Waals surface area contributed by atoms with Gasteiger partial charge in [0.25, 0.3) is 0 Å². The van der Waals surface area contributed by atoms with Crippen LogP contribution in [-0.2, 0) is 11.3 Å². The van der Waals surface area contributed by atoms with Crippen molar-refractivity contribution in [1.29, 1.82) is 0 Å². The molecule has 1 saturated heterocycles. The second-order valence-corrected chi connectivity index (χ2v) is 4.71. The Hall–Kier alpha value is -0.860. The Morgan fingerprint density at radius 2 is 2.19 bits per heavy atom. The molecule has 1 heterocycles. The van der Waals surface area contributed by atoms with Gasteiger partial charge in [0.05, 0.1) is 6.10 Å². The van der Waals surface area contributed by atoms with Gasteiger partial charge >= 0.3 is 0 Å². The Balaban J connectivity index is 1.96. The van der Waals surface area contributed by atoms with Crippen molar-refractivity contribution in [3.63, 3.8) is 0 Å². The largest absolute Gasteiger partial charge is 0.377 e. The van der Waals surface area contributed by atoms with Crippen molar-refractivity contribution in [3.05, 3.63) is 34.9 Å². The molecule has 1 aromatic rings. The normalized spacial score (nSPS) is 24.9. The maximum atomic E-state index is 5.55. The molecule has 16 heavy (non-hydrogen) atoms. The molecule has 2 atom stereocenters. The van der Waals surface area contributed by atoms with Crippen LogP contribution < -0.4 is 5.32 Å². The lowest BCUT2D eigenvalue weighted by Gasteiger charge is -2.17. The van der Waals surface area contributed by atoms with Gasteiger partial charge in [-0.05, 0) is 43.9 Å². The van der Waals surface area contributed by atoms with Gasteiger partial charge in [-0.2, -0.15) is 0 Å². The van der Waals surface area contributed by atoms with Crippen molar-refractivity contribution < 1.29 is 4.74 Å². The van der Waals surface area contributed by atoms with E-state index in [4.69, 9.17) is 4.74 Å². The third kappa shape index (κ3) is 2.45. The van der Waals surface area contributed by atoms with Crippen molar-refractivity contribution in [1.82, 2.24) is 5.32 Å². The zero-order valence-corrected chi connectivity index (χ0v) is 10.4. The Bertz CT molecular complexity index is 362. The maximum Gasteiger partial charge on any atom is 0.0700 e. The van der Waals surface area contributed by atoms with E-state index in [1.54, 1.807) is 0 Å². The van der Waals surface area contributed by atoms with E-state index in [0.717, 1.165) is 19.6 Å². The molecule has 88 valence electrons. The van der Waals surface area contributed by atoms with E-state index in [9.17, 15) is 0 Å². The fraction of sp³-hybridized carbons (Fsp3) is 0.571. The highest BCUT2D eigenvalue weighted by Crippen LogP contribution is 2.16. The fourth-order valence-electron chi connectivity index (χ4n) is 2.24. The van der Waals surface area contributed by atoms with Gasteiger partial charge in [0.15, 0.2) is 0 Å². The molecule has 1 aliphatic rings. The summed E-state index contributed by atoms with van der Waals surface area (Å²) in [7, 11) is 0. The van der Waals surface area contributed by atoms with Gasteiger partial charge in [-0.1, -0.05) is 18.2 Å². The molecule has 0 bridgehead atoms. The van der Waals surface area contributed by atoms with E-state index in [-0.39, 0.29) is 0 Å². The summed E-state index contributed by atoms with van der Waals surface area (Å²) in [6.07, 6.45) is 1.48. The van der Waals surface area contributed by atoms with Crippen molar-refractivity contribution in [3.8, 4) is 0 Å². The molecule has 0 aromatic heterocycles. The minimum absolute atomic E-state index is 0.352. The first-order valence-corrected chi connectivity index (χ1v) is 6.08. The summed E-state index contributed by atoms with van der Waals surface area (Å²) < 4.78 is 5.55. The number of aryl methyl sites for hydroxylation is 1. The van der Waals surface area contributed by atoms with Gasteiger partial charge in [-0.25, -0.2) is 0 Å². The first-order valence-electron chi connectivity index (χ1n) is 6.08. The Morgan fingerprint density at radius 1 is 1.38 bits per heavy atom. The highest BCUT2D eigenvalue weighted by atomic mass is 16.5. The molecule has 2 heteroatoms. The van der Waals surface area contributed by atoms with Crippen LogP contribution in [0.5, 0.6) is 0 Å². The molecule has 1 fully saturated rings. The first kappa shape index (κ1) is 11.6. The van der Waals surface area contributed by atoms with E-state index in [0.29, 0.717) is 12.1 Å². The van der Waals surface area contributed by atoms with Crippen molar-refractivity contribution in [2.75, 3.05) is 6.61 Å². The van der Waals surface area contributed by atoms with E-state index in [1.165, 1.54) is 16.7 Å². The van der Waals surface area contributed by atoms with Gasteiger partial charge < -0.3 is 10.1 Å². The number of hydrogen-bond acceptors (Lipinski definition) is 2. The molecule has 0 amide bonds. The van der Waals surface area contributed by atoms with E-state index in [1.807, 2.05) is 0 Å². The van der Waals surface area contributed by atoms with E-state index >= 15 is 0 Å². The van der Waals surface area contributed by atoms with Gasteiger partial charge in [0, 0.05) is 19.2 Å². The molecule has 1 aliphatic heterocycles. The zero-order valence-electron chi connectivity index (χ0n) is 10.4. The number of nitrogens with one attached hydrogen (secondary N) is 1. The molecule has 1 aromatic carbocycles. The van der Waals surface area contributed by atoms with Crippen LogP contribution in [0.3, 0.4) is 0 Å². The summed E-state index contributed by atoms with van der Waals surface area (Å²) in [5.74, 6) is 0. The predicted molar refractivity (Wildman–Crippen MR) is 66.6 cm³/mol. The minimum Gasteiger partial charge on any atom is -0.377 e. The second-order valence-electron chi connectivity index (χ2n) is 4.71. The highest BCUT2D eigenvalue weighted by molar-refractivity contribution is 5.32. The van der Waals surface area contributed by atoms with Crippen LogP contribution in [0.15, 0.2) is 18.2 Å². The maximum absolute atomic E-state index is 5.55. The molecular formula is C14H21NO. The van der Waals surface area contributed by atoms with Crippen LogP contribution in [-0.4, -0.2) is 18.8 Å². The Morgan fingerprint density at radius 3 is 2.88 bits per heavy atom. The third-order valence-electron chi connectivity index (χ3n) is 3.65. The molecule has 2 unspecified atom stereocenters. The number of hydrogen-bond donors (Lipinski definition) is 1. The van der Waals surface area contributed by atoms with Gasteiger partial charge in [0.2, 0.25) is 0 Å². The summed E-state index contributed by atoms with van der Waals surface area (Å²) in [4.78, 5) is 0. The molecule has 0 aliphatic carbocycles. The topological polar surface area (TPSA) is 21.3 Å². The average molecular weight is 219 g/mol. The van der Waals surface area contributed by atoms with Crippen molar-refractivity contribution >= 4 is 0 Å². The summed E-state index contributed by atoms with van der Waals surface area (Å²) >= 11 is 0. The average Bonchev–Trinajstić information content (AvgIpc) is 2.67. The highest BCUT2D eigenvalue weighted by Gasteiger charge is 2.23. The summed E-state index contributed by atoms with van der Waals surface area (Å²) in [6.45, 7) is 8.35. The minimum atomic E-state index is 0.352. The quantitative estimate of drug-likeness (QED) is 0.843. The van der Waals surface area contributed by atoms with Gasteiger partial charge in [-0.15, -0.1) is 0 Å².